The van der Waals surface area contributed by atoms with Gasteiger partial charge in [-0.3, -0.25) is 4.79 Å². The molecule has 0 aromatic carbocycles. The summed E-state index contributed by atoms with van der Waals surface area (Å²) < 4.78 is 0. The molecule has 0 radical (unpaired) electrons. The van der Waals surface area contributed by atoms with Gasteiger partial charge in [-0.15, -0.1) is 0 Å². The van der Waals surface area contributed by atoms with Crippen LogP contribution in [0.2, 0.25) is 0 Å². The zero-order chi connectivity index (χ0) is 19.3. The van der Waals surface area contributed by atoms with Gasteiger partial charge in [0.1, 0.15) is 0 Å². The number of aliphatic hydroxyl groups is 2. The largest absolute Gasteiger partial charge is 0.395 e. The highest BCUT2D eigenvalue weighted by Gasteiger charge is 2.03. The van der Waals surface area contributed by atoms with Crippen molar-refractivity contribution in [2.45, 2.75) is 70.8 Å². The van der Waals surface area contributed by atoms with E-state index in [2.05, 4.69) is 24.4 Å². The molecule has 0 aromatic heterocycles. The monoisotopic (exact) mass is 363 g/mol. The van der Waals surface area contributed by atoms with Gasteiger partial charge in [-0.2, -0.15) is 0 Å². The molecule has 26 heavy (non-hydrogen) atoms. The van der Waals surface area contributed by atoms with E-state index in [-0.39, 0.29) is 19.1 Å². The fraction of sp³-hybridized carbons (Fsp3) is 0.591. The van der Waals surface area contributed by atoms with Gasteiger partial charge < -0.3 is 15.5 Å². The van der Waals surface area contributed by atoms with Gasteiger partial charge in [0.05, 0.1) is 12.7 Å². The number of rotatable bonds is 16. The van der Waals surface area contributed by atoms with Crippen molar-refractivity contribution < 1.29 is 15.0 Å². The Labute approximate surface area is 159 Å². The van der Waals surface area contributed by atoms with Crippen LogP contribution in [0.15, 0.2) is 48.6 Å². The quantitative estimate of drug-likeness (QED) is 0.284. The molecule has 1 atom stereocenters. The van der Waals surface area contributed by atoms with Crippen LogP contribution in [0.4, 0.5) is 0 Å². The first-order chi connectivity index (χ1) is 12.7. The highest BCUT2D eigenvalue weighted by molar-refractivity contribution is 5.75. The smallest absolute Gasteiger partial charge is 0.220 e. The van der Waals surface area contributed by atoms with E-state index in [0.717, 1.165) is 6.42 Å². The zero-order valence-electron chi connectivity index (χ0n) is 16.3. The van der Waals surface area contributed by atoms with Gasteiger partial charge in [0.2, 0.25) is 5.91 Å². The number of allylic oxidation sites excluding steroid dienone is 7. The fourth-order valence-corrected chi connectivity index (χ4v) is 2.34. The van der Waals surface area contributed by atoms with Crippen molar-refractivity contribution >= 4 is 5.91 Å². The zero-order valence-corrected chi connectivity index (χ0v) is 16.3. The van der Waals surface area contributed by atoms with E-state index in [0.29, 0.717) is 19.3 Å². The number of nitrogens with one attached hydrogen (secondary N) is 1. The number of carbonyl (C=O) groups excluding carboxylic acids is 1. The van der Waals surface area contributed by atoms with Crippen LogP contribution in [0.25, 0.3) is 0 Å². The normalized spacial score (nSPS) is 13.5. The predicted molar refractivity (Wildman–Crippen MR) is 110 cm³/mol. The predicted octanol–water partition coefficient (Wildman–Crippen LogP) is 4.21. The maximum Gasteiger partial charge on any atom is 0.220 e. The second-order valence-electron chi connectivity index (χ2n) is 6.32. The molecule has 0 heterocycles. The van der Waals surface area contributed by atoms with Gasteiger partial charge in [0, 0.05) is 13.0 Å². The summed E-state index contributed by atoms with van der Waals surface area (Å²) in [4.78, 5) is 11.3. The Bertz CT molecular complexity index is 439. The van der Waals surface area contributed by atoms with Crippen molar-refractivity contribution in [1.29, 1.82) is 0 Å². The first-order valence-electron chi connectivity index (χ1n) is 9.93. The molecule has 0 saturated carbocycles. The topological polar surface area (TPSA) is 69.6 Å². The minimum absolute atomic E-state index is 0.0489. The van der Waals surface area contributed by atoms with Crippen molar-refractivity contribution in [1.82, 2.24) is 5.32 Å². The number of carbonyl (C=O) groups is 1. The standard InChI is InChI=1S/C22H37NO3/c1-2-3-4-5-6-7-8-9-10-11-12-13-14-16-21(25)17-15-18-22(26)23-19-20-24/h8-14,16,21,24-25H,2-7,15,17-20H2,1H3,(H,23,26)/b9-8+,11-10+,13-12-,16-14+/t21-/m1/s1. The molecule has 148 valence electrons. The third kappa shape index (κ3) is 18.7. The molecule has 0 rings (SSSR count). The Kier molecular flexibility index (Phi) is 18.4. The molecule has 4 heteroatoms. The van der Waals surface area contributed by atoms with Gasteiger partial charge in [0.25, 0.3) is 0 Å². The summed E-state index contributed by atoms with van der Waals surface area (Å²) in [7, 11) is 0. The number of unbranched alkanes of at least 4 members (excludes halogenated alkanes) is 5. The molecule has 0 unspecified atom stereocenters. The molecule has 0 aliphatic heterocycles. The van der Waals surface area contributed by atoms with Crippen LogP contribution in [-0.2, 0) is 4.79 Å². The third-order valence-electron chi connectivity index (χ3n) is 3.84. The average Bonchev–Trinajstić information content (AvgIpc) is 2.63. The van der Waals surface area contributed by atoms with Crippen LogP contribution < -0.4 is 5.32 Å². The van der Waals surface area contributed by atoms with Crippen molar-refractivity contribution in [3.63, 3.8) is 0 Å². The highest BCUT2D eigenvalue weighted by Crippen LogP contribution is 2.05. The lowest BCUT2D eigenvalue weighted by atomic mass is 10.1. The molecule has 4 nitrogen and oxygen atoms in total. The summed E-state index contributed by atoms with van der Waals surface area (Å²) in [6, 6.07) is 0. The lowest BCUT2D eigenvalue weighted by Crippen LogP contribution is -2.26. The van der Waals surface area contributed by atoms with Crippen LogP contribution in [0.5, 0.6) is 0 Å². The Balaban J connectivity index is 3.67. The Morgan fingerprint density at radius 3 is 2.38 bits per heavy atom. The molecule has 0 aromatic rings. The third-order valence-corrected chi connectivity index (χ3v) is 3.84. The van der Waals surface area contributed by atoms with Gasteiger partial charge in [-0.25, -0.2) is 0 Å². The second kappa shape index (κ2) is 19.7. The molecule has 0 aliphatic rings. The van der Waals surface area contributed by atoms with Crippen LogP contribution in [0, 0.1) is 0 Å². The summed E-state index contributed by atoms with van der Waals surface area (Å²) in [6.45, 7) is 2.47. The van der Waals surface area contributed by atoms with Crippen LogP contribution in [0.1, 0.15) is 64.7 Å². The molecular formula is C22H37NO3. The summed E-state index contributed by atoms with van der Waals surface area (Å²) in [6.07, 6.45) is 24.3. The van der Waals surface area contributed by atoms with E-state index < -0.39 is 6.10 Å². The SMILES string of the molecule is CCCCCCC/C=C/C=C/C=C\C=C\[C@@H](O)CCCC(=O)NCCO. The van der Waals surface area contributed by atoms with Crippen LogP contribution >= 0.6 is 0 Å². The van der Waals surface area contributed by atoms with Crippen molar-refractivity contribution in [3.05, 3.63) is 48.6 Å². The van der Waals surface area contributed by atoms with Crippen LogP contribution in [0.3, 0.4) is 0 Å². The van der Waals surface area contributed by atoms with E-state index in [1.807, 2.05) is 30.4 Å². The minimum Gasteiger partial charge on any atom is -0.395 e. The number of amides is 1. The lowest BCUT2D eigenvalue weighted by Gasteiger charge is -2.05. The maximum absolute atomic E-state index is 11.3. The molecule has 0 saturated heterocycles. The van der Waals surface area contributed by atoms with Gasteiger partial charge >= 0.3 is 0 Å². The summed E-state index contributed by atoms with van der Waals surface area (Å²) in [5, 5.41) is 21.0. The van der Waals surface area contributed by atoms with Gasteiger partial charge in [0.15, 0.2) is 0 Å². The summed E-state index contributed by atoms with van der Waals surface area (Å²) >= 11 is 0. The fourth-order valence-electron chi connectivity index (χ4n) is 2.34. The molecule has 3 N–H and O–H groups in total. The van der Waals surface area contributed by atoms with E-state index in [1.165, 1.54) is 32.1 Å². The van der Waals surface area contributed by atoms with Crippen molar-refractivity contribution in [2.75, 3.05) is 13.2 Å². The molecule has 0 bridgehead atoms. The van der Waals surface area contributed by atoms with E-state index in [9.17, 15) is 9.90 Å². The second-order valence-corrected chi connectivity index (χ2v) is 6.32. The Hall–Kier alpha value is -1.65. The Morgan fingerprint density at radius 1 is 0.962 bits per heavy atom. The molecule has 0 aliphatic carbocycles. The van der Waals surface area contributed by atoms with Crippen molar-refractivity contribution in [3.8, 4) is 0 Å². The average molecular weight is 364 g/mol. The van der Waals surface area contributed by atoms with E-state index >= 15 is 0 Å². The first kappa shape index (κ1) is 24.4. The first-order valence-corrected chi connectivity index (χ1v) is 9.93. The number of hydrogen-bond donors (Lipinski definition) is 3. The van der Waals surface area contributed by atoms with Crippen LogP contribution in [-0.4, -0.2) is 35.4 Å². The molecule has 0 spiro atoms. The maximum atomic E-state index is 11.3. The Morgan fingerprint density at radius 2 is 1.65 bits per heavy atom. The number of hydrogen-bond acceptors (Lipinski definition) is 3. The lowest BCUT2D eigenvalue weighted by molar-refractivity contribution is -0.121. The van der Waals surface area contributed by atoms with Crippen molar-refractivity contribution in [2.24, 2.45) is 0 Å². The molecule has 0 fully saturated rings. The molecular weight excluding hydrogens is 326 g/mol. The summed E-state index contributed by atoms with van der Waals surface area (Å²) in [5.41, 5.74) is 0. The van der Waals surface area contributed by atoms with Gasteiger partial charge in [-0.05, 0) is 25.7 Å². The molecule has 1 amide bonds. The highest BCUT2D eigenvalue weighted by atomic mass is 16.3. The minimum atomic E-state index is -0.540. The van der Waals surface area contributed by atoms with Gasteiger partial charge in [-0.1, -0.05) is 81.2 Å². The van der Waals surface area contributed by atoms with E-state index in [4.69, 9.17) is 5.11 Å². The van der Waals surface area contributed by atoms with E-state index in [1.54, 1.807) is 6.08 Å². The summed E-state index contributed by atoms with van der Waals surface area (Å²) in [5.74, 6) is -0.0886. The number of aliphatic hydroxyl groups excluding tert-OH is 2.